The number of ether oxygens (including phenoxy) is 4. The van der Waals surface area contributed by atoms with Crippen LogP contribution in [0, 0.1) is 23.7 Å². The number of aromatic hydroxyl groups is 1. The molecular formula is C26H18F8O8. The highest BCUT2D eigenvalue weighted by atomic mass is 19.4. The molecule has 226 valence electrons. The Morgan fingerprint density at radius 2 is 1.50 bits per heavy atom. The van der Waals surface area contributed by atoms with Crippen molar-refractivity contribution in [3.8, 4) is 23.0 Å². The molecule has 1 saturated heterocycles. The van der Waals surface area contributed by atoms with E-state index < -0.39 is 100 Å². The summed E-state index contributed by atoms with van der Waals surface area (Å²) in [5.74, 6) is -14.6. The van der Waals surface area contributed by atoms with Crippen molar-refractivity contribution in [2.75, 3.05) is 0 Å². The molecule has 0 radical (unpaired) electrons. The van der Waals surface area contributed by atoms with Gasteiger partial charge in [0.05, 0.1) is 11.8 Å². The van der Waals surface area contributed by atoms with Crippen molar-refractivity contribution < 1.29 is 73.6 Å². The Bertz CT molecular complexity index is 1430. The molecule has 42 heavy (non-hydrogen) atoms. The maximum Gasteiger partial charge on any atom is 0.420 e. The van der Waals surface area contributed by atoms with Crippen LogP contribution in [0.2, 0.25) is 0 Å². The lowest BCUT2D eigenvalue weighted by Gasteiger charge is -2.30. The molecule has 16 heteroatoms. The van der Waals surface area contributed by atoms with Gasteiger partial charge in [0.25, 0.3) is 0 Å². The zero-order valence-electron chi connectivity index (χ0n) is 21.0. The molecule has 1 aliphatic heterocycles. The number of carbonyl (C=O) groups excluding carboxylic acids is 3. The molecule has 6 atom stereocenters. The first-order valence-electron chi connectivity index (χ1n) is 12.2. The number of esters is 3. The molecule has 6 unspecified atom stereocenters. The number of rotatable bonds is 6. The van der Waals surface area contributed by atoms with Crippen LogP contribution in [0.25, 0.3) is 0 Å². The number of benzene rings is 2. The zero-order chi connectivity index (χ0) is 30.9. The van der Waals surface area contributed by atoms with Gasteiger partial charge < -0.3 is 24.1 Å². The third-order valence-corrected chi connectivity index (χ3v) is 7.40. The van der Waals surface area contributed by atoms with Crippen LogP contribution in [-0.2, 0) is 36.2 Å². The lowest BCUT2D eigenvalue weighted by atomic mass is 9.78. The topological polar surface area (TPSA) is 108 Å². The number of halogens is 8. The monoisotopic (exact) mass is 610 g/mol. The lowest BCUT2D eigenvalue weighted by molar-refractivity contribution is -0.185. The van der Waals surface area contributed by atoms with Crippen molar-refractivity contribution in [3.63, 3.8) is 0 Å². The highest BCUT2D eigenvalue weighted by molar-refractivity contribution is 5.87. The fraction of sp³-hybridized carbons (Fsp3) is 0.423. The maximum atomic E-state index is 13.4. The van der Waals surface area contributed by atoms with Crippen molar-refractivity contribution in [1.29, 1.82) is 0 Å². The van der Waals surface area contributed by atoms with Gasteiger partial charge in [0.1, 0.15) is 46.3 Å². The van der Waals surface area contributed by atoms with E-state index in [2.05, 4.69) is 0 Å². The van der Waals surface area contributed by atoms with E-state index >= 15 is 0 Å². The first kappa shape index (κ1) is 29.4. The van der Waals surface area contributed by atoms with Crippen LogP contribution in [0.4, 0.5) is 35.1 Å². The van der Waals surface area contributed by atoms with E-state index in [0.717, 1.165) is 24.3 Å². The van der Waals surface area contributed by atoms with Crippen LogP contribution in [0.3, 0.4) is 0 Å². The number of hydrogen-bond donors (Lipinski definition) is 1. The Labute approximate surface area is 230 Å². The molecule has 2 bridgehead atoms. The summed E-state index contributed by atoms with van der Waals surface area (Å²) in [5, 5.41) is 9.47. The number of alkyl halides is 8. The highest BCUT2D eigenvalue weighted by Crippen LogP contribution is 2.59. The third kappa shape index (κ3) is 5.17. The van der Waals surface area contributed by atoms with E-state index in [1.54, 1.807) is 0 Å². The Balaban J connectivity index is 1.33. The number of carbonyl (C=O) groups is 3. The quantitative estimate of drug-likeness (QED) is 0.260. The van der Waals surface area contributed by atoms with E-state index in [-0.39, 0.29) is 24.3 Å². The Hall–Kier alpha value is -4.11. The van der Waals surface area contributed by atoms with Crippen LogP contribution in [0.15, 0.2) is 36.4 Å². The van der Waals surface area contributed by atoms with Crippen LogP contribution in [-0.4, -0.2) is 41.1 Å². The normalized spacial score (nSPS) is 26.6. The predicted molar refractivity (Wildman–Crippen MR) is 119 cm³/mol. The fourth-order valence-electron chi connectivity index (χ4n) is 5.68. The summed E-state index contributed by atoms with van der Waals surface area (Å²) in [5.41, 5.74) is -3.45. The summed E-state index contributed by atoms with van der Waals surface area (Å²) in [7, 11) is 0. The first-order chi connectivity index (χ1) is 19.4. The minimum atomic E-state index is -5.19. The second kappa shape index (κ2) is 9.73. The summed E-state index contributed by atoms with van der Waals surface area (Å²) in [6.45, 7) is 0.325. The summed E-state index contributed by atoms with van der Waals surface area (Å²) >= 11 is 0. The molecule has 0 spiro atoms. The molecule has 3 fully saturated rings. The molecule has 0 amide bonds. The van der Waals surface area contributed by atoms with Gasteiger partial charge in [-0.25, -0.2) is 4.79 Å². The van der Waals surface area contributed by atoms with E-state index in [9.17, 15) is 54.6 Å². The molecule has 3 aliphatic rings. The Kier molecular flexibility index (Phi) is 6.81. The number of fused-ring (bicyclic) bond motifs is 1. The van der Waals surface area contributed by atoms with Gasteiger partial charge in [0, 0.05) is 18.8 Å². The summed E-state index contributed by atoms with van der Waals surface area (Å²) < 4.78 is 127. The molecule has 8 nitrogen and oxygen atoms in total. The lowest BCUT2D eigenvalue weighted by Crippen LogP contribution is -2.46. The van der Waals surface area contributed by atoms with Crippen molar-refractivity contribution in [3.05, 3.63) is 47.5 Å². The Morgan fingerprint density at radius 1 is 0.905 bits per heavy atom. The van der Waals surface area contributed by atoms with Crippen molar-refractivity contribution >= 4 is 17.9 Å². The molecule has 5 rings (SSSR count). The largest absolute Gasteiger partial charge is 0.507 e. The van der Waals surface area contributed by atoms with Gasteiger partial charge in [-0.3, -0.25) is 9.59 Å². The predicted octanol–water partition coefficient (Wildman–Crippen LogP) is 5.50. The fourth-order valence-corrected chi connectivity index (χ4v) is 5.68. The molecule has 2 aromatic rings. The maximum absolute atomic E-state index is 13.4. The van der Waals surface area contributed by atoms with Gasteiger partial charge >= 0.3 is 36.2 Å². The van der Waals surface area contributed by atoms with Gasteiger partial charge in [-0.1, -0.05) is 0 Å². The zero-order valence-corrected chi connectivity index (χ0v) is 21.0. The smallest absolute Gasteiger partial charge is 0.420 e. The van der Waals surface area contributed by atoms with Crippen molar-refractivity contribution in [1.82, 2.24) is 0 Å². The molecular weight excluding hydrogens is 592 g/mol. The van der Waals surface area contributed by atoms with Gasteiger partial charge in [-0.15, -0.1) is 0 Å². The molecule has 1 N–H and O–H groups in total. The average Bonchev–Trinajstić information content (AvgIpc) is 3.48. The van der Waals surface area contributed by atoms with Crippen LogP contribution in [0.5, 0.6) is 23.0 Å². The van der Waals surface area contributed by atoms with Crippen LogP contribution < -0.4 is 9.47 Å². The van der Waals surface area contributed by atoms with Gasteiger partial charge in [-0.05, 0) is 42.8 Å². The highest BCUT2D eigenvalue weighted by Gasteiger charge is 2.70. The first-order valence-corrected chi connectivity index (χ1v) is 12.2. The SMILES string of the molecule is CC(F)(F)C(=O)OC1C2CC3C1OC(=O)C3C2C(=O)Oc1ccc(Oc2cc(C(F)(F)F)c(O)cc2C(F)(F)F)cc1. The van der Waals surface area contributed by atoms with Gasteiger partial charge in [0.15, 0.2) is 0 Å². The summed E-state index contributed by atoms with van der Waals surface area (Å²) in [6.07, 6.45) is -12.5. The summed E-state index contributed by atoms with van der Waals surface area (Å²) in [4.78, 5) is 37.2. The third-order valence-electron chi connectivity index (χ3n) is 7.40. The van der Waals surface area contributed by atoms with E-state index in [1.165, 1.54) is 0 Å². The minimum Gasteiger partial charge on any atom is -0.507 e. The molecule has 2 aromatic carbocycles. The van der Waals surface area contributed by atoms with Crippen molar-refractivity contribution in [2.45, 2.75) is 43.8 Å². The number of phenols is 1. The second-order valence-electron chi connectivity index (χ2n) is 10.1. The van der Waals surface area contributed by atoms with E-state index in [1.807, 2.05) is 0 Å². The average molecular weight is 610 g/mol. The van der Waals surface area contributed by atoms with Crippen LogP contribution in [0.1, 0.15) is 24.5 Å². The molecule has 1 heterocycles. The number of phenolic OH excluding ortho intramolecular Hbond substituents is 1. The number of hydrogen-bond acceptors (Lipinski definition) is 8. The standard InChI is InChI=1S/C26H18F8O8/c1-24(27,28)23(38)42-20-12-6-11-18(22(37)41-19(11)20)17(12)21(36)40-10-4-2-9(3-5-10)39-16-8-13(25(29,30)31)15(35)7-14(16)26(32,33)34/h2-5,7-8,11-12,17-20,35H,6H2,1H3. The molecule has 0 aromatic heterocycles. The van der Waals surface area contributed by atoms with Crippen LogP contribution >= 0.6 is 0 Å². The van der Waals surface area contributed by atoms with Crippen molar-refractivity contribution in [2.24, 2.45) is 23.7 Å². The van der Waals surface area contributed by atoms with Gasteiger partial charge in [-0.2, -0.15) is 35.1 Å². The molecule has 2 aliphatic carbocycles. The Morgan fingerprint density at radius 3 is 2.07 bits per heavy atom. The van der Waals surface area contributed by atoms with E-state index in [4.69, 9.17) is 18.9 Å². The van der Waals surface area contributed by atoms with E-state index in [0.29, 0.717) is 6.92 Å². The second-order valence-corrected chi connectivity index (χ2v) is 10.1. The van der Waals surface area contributed by atoms with Gasteiger partial charge in [0.2, 0.25) is 0 Å². The minimum absolute atomic E-state index is 0.00713. The summed E-state index contributed by atoms with van der Waals surface area (Å²) in [6, 6.07) is 3.93. The molecule has 2 saturated carbocycles.